The number of aromatic nitrogens is 2. The van der Waals surface area contributed by atoms with E-state index < -0.39 is 0 Å². The molecule has 106 valence electrons. The topological polar surface area (TPSA) is 67.3 Å². The molecule has 0 aliphatic heterocycles. The van der Waals surface area contributed by atoms with Crippen molar-refractivity contribution in [2.24, 2.45) is 0 Å². The van der Waals surface area contributed by atoms with E-state index in [0.717, 1.165) is 22.8 Å². The molecule has 2 N–H and O–H groups in total. The van der Waals surface area contributed by atoms with Crippen LogP contribution < -0.4 is 10.1 Å². The van der Waals surface area contributed by atoms with Crippen LogP contribution in [0.25, 0.3) is 0 Å². The van der Waals surface area contributed by atoms with Crippen LogP contribution in [0, 0.1) is 6.92 Å². The minimum atomic E-state index is -0.0135. The van der Waals surface area contributed by atoms with E-state index in [1.165, 1.54) is 0 Å². The number of phenolic OH excluding ortho intramolecular Hbond substituents is 1. The van der Waals surface area contributed by atoms with Crippen LogP contribution in [0.3, 0.4) is 0 Å². The van der Waals surface area contributed by atoms with Gasteiger partial charge in [0.15, 0.2) is 0 Å². The number of benzene rings is 1. The second-order valence-corrected chi connectivity index (χ2v) is 4.62. The third-order valence-corrected chi connectivity index (χ3v) is 3.12. The van der Waals surface area contributed by atoms with Crippen molar-refractivity contribution in [2.75, 3.05) is 7.11 Å². The van der Waals surface area contributed by atoms with Gasteiger partial charge in [-0.2, -0.15) is 0 Å². The average Bonchev–Trinajstić information content (AvgIpc) is 2.45. The molecule has 1 aromatic heterocycles. The smallest absolute Gasteiger partial charge is 0.125 e. The molecule has 1 heterocycles. The first-order chi connectivity index (χ1) is 9.60. The Morgan fingerprint density at radius 2 is 2.15 bits per heavy atom. The third-order valence-electron chi connectivity index (χ3n) is 3.12. The summed E-state index contributed by atoms with van der Waals surface area (Å²) in [6.07, 6.45) is 1.74. The van der Waals surface area contributed by atoms with E-state index in [4.69, 9.17) is 4.74 Å². The molecular formula is C15H19N3O2. The van der Waals surface area contributed by atoms with E-state index >= 15 is 0 Å². The first kappa shape index (κ1) is 14.3. The fourth-order valence-electron chi connectivity index (χ4n) is 1.98. The minimum absolute atomic E-state index is 0.0135. The minimum Gasteiger partial charge on any atom is -0.508 e. The highest BCUT2D eigenvalue weighted by Crippen LogP contribution is 2.28. The molecule has 1 aromatic carbocycles. The SMILES string of the molecule is COc1ccc(O)c(C(C)NCc2ccnc(C)n2)c1. The Morgan fingerprint density at radius 3 is 2.85 bits per heavy atom. The van der Waals surface area contributed by atoms with E-state index in [9.17, 15) is 5.11 Å². The quantitative estimate of drug-likeness (QED) is 0.875. The zero-order chi connectivity index (χ0) is 14.5. The van der Waals surface area contributed by atoms with E-state index in [2.05, 4.69) is 15.3 Å². The Balaban J connectivity index is 2.06. The van der Waals surface area contributed by atoms with Gasteiger partial charge in [0, 0.05) is 24.3 Å². The summed E-state index contributed by atoms with van der Waals surface area (Å²) in [5, 5.41) is 13.2. The lowest BCUT2D eigenvalue weighted by atomic mass is 10.1. The lowest BCUT2D eigenvalue weighted by Crippen LogP contribution is -2.19. The predicted octanol–water partition coefficient (Wildman–Crippen LogP) is 2.35. The number of ether oxygens (including phenoxy) is 1. The lowest BCUT2D eigenvalue weighted by molar-refractivity contribution is 0.407. The van der Waals surface area contributed by atoms with Gasteiger partial charge in [0.25, 0.3) is 0 Å². The van der Waals surface area contributed by atoms with Crippen LogP contribution in [-0.4, -0.2) is 22.2 Å². The molecule has 1 atom stereocenters. The van der Waals surface area contributed by atoms with E-state index in [-0.39, 0.29) is 11.8 Å². The molecule has 0 bridgehead atoms. The highest BCUT2D eigenvalue weighted by Gasteiger charge is 2.11. The Labute approximate surface area is 118 Å². The molecule has 2 rings (SSSR count). The highest BCUT2D eigenvalue weighted by molar-refractivity contribution is 5.41. The summed E-state index contributed by atoms with van der Waals surface area (Å²) in [7, 11) is 1.61. The van der Waals surface area contributed by atoms with Gasteiger partial charge in [0.1, 0.15) is 17.3 Å². The second kappa shape index (κ2) is 6.34. The molecule has 0 fully saturated rings. The Hall–Kier alpha value is -2.14. The van der Waals surface area contributed by atoms with Crippen LogP contribution in [0.2, 0.25) is 0 Å². The van der Waals surface area contributed by atoms with E-state index in [1.807, 2.05) is 26.0 Å². The maximum absolute atomic E-state index is 9.92. The fourth-order valence-corrected chi connectivity index (χ4v) is 1.98. The zero-order valence-corrected chi connectivity index (χ0v) is 11.9. The normalized spacial score (nSPS) is 12.2. The molecule has 0 saturated heterocycles. The molecule has 5 nitrogen and oxygen atoms in total. The standard InChI is InChI=1S/C15H19N3O2/c1-10(14-8-13(20-3)4-5-15(14)19)17-9-12-6-7-16-11(2)18-12/h4-8,10,17,19H,9H2,1-3H3. The monoisotopic (exact) mass is 273 g/mol. The number of rotatable bonds is 5. The van der Waals surface area contributed by atoms with Gasteiger partial charge in [-0.05, 0) is 38.1 Å². The van der Waals surface area contributed by atoms with Crippen molar-refractivity contribution in [1.29, 1.82) is 0 Å². The molecule has 0 aliphatic carbocycles. The van der Waals surface area contributed by atoms with E-state index in [1.54, 1.807) is 25.4 Å². The molecule has 0 aliphatic rings. The number of nitrogens with one attached hydrogen (secondary N) is 1. The highest BCUT2D eigenvalue weighted by atomic mass is 16.5. The summed E-state index contributed by atoms with van der Waals surface area (Å²) in [6, 6.07) is 7.07. The summed E-state index contributed by atoms with van der Waals surface area (Å²) >= 11 is 0. The van der Waals surface area contributed by atoms with Crippen LogP contribution in [0.1, 0.15) is 30.0 Å². The van der Waals surface area contributed by atoms with Crippen molar-refractivity contribution in [1.82, 2.24) is 15.3 Å². The van der Waals surface area contributed by atoms with Crippen molar-refractivity contribution in [3.8, 4) is 11.5 Å². The second-order valence-electron chi connectivity index (χ2n) is 4.62. The van der Waals surface area contributed by atoms with Gasteiger partial charge in [-0.25, -0.2) is 9.97 Å². The van der Waals surface area contributed by atoms with Crippen molar-refractivity contribution < 1.29 is 9.84 Å². The van der Waals surface area contributed by atoms with Gasteiger partial charge in [-0.3, -0.25) is 0 Å². The van der Waals surface area contributed by atoms with Gasteiger partial charge in [-0.1, -0.05) is 0 Å². The van der Waals surface area contributed by atoms with Crippen LogP contribution >= 0.6 is 0 Å². The number of phenols is 1. The van der Waals surface area contributed by atoms with Crippen molar-refractivity contribution in [2.45, 2.75) is 26.4 Å². The number of aromatic hydroxyl groups is 1. The molecule has 0 saturated carbocycles. The van der Waals surface area contributed by atoms with Crippen LogP contribution in [0.15, 0.2) is 30.5 Å². The fraction of sp³-hybridized carbons (Fsp3) is 0.333. The molecule has 1 unspecified atom stereocenters. The van der Waals surface area contributed by atoms with Crippen LogP contribution in [0.5, 0.6) is 11.5 Å². The van der Waals surface area contributed by atoms with Crippen molar-refractivity contribution in [3.05, 3.63) is 47.5 Å². The van der Waals surface area contributed by atoms with Crippen LogP contribution in [0.4, 0.5) is 0 Å². The molecule has 0 radical (unpaired) electrons. The number of methoxy groups -OCH3 is 1. The summed E-state index contributed by atoms with van der Waals surface area (Å²) < 4.78 is 5.18. The molecule has 5 heteroatoms. The van der Waals surface area contributed by atoms with Gasteiger partial charge in [0.05, 0.1) is 12.8 Å². The molecule has 2 aromatic rings. The maximum Gasteiger partial charge on any atom is 0.125 e. The summed E-state index contributed by atoms with van der Waals surface area (Å²) in [5.74, 6) is 1.73. The van der Waals surface area contributed by atoms with Crippen LogP contribution in [-0.2, 0) is 6.54 Å². The maximum atomic E-state index is 9.92. The van der Waals surface area contributed by atoms with Gasteiger partial charge in [0.2, 0.25) is 0 Å². The zero-order valence-electron chi connectivity index (χ0n) is 11.9. The van der Waals surface area contributed by atoms with E-state index in [0.29, 0.717) is 6.54 Å². The molecule has 20 heavy (non-hydrogen) atoms. The molecular weight excluding hydrogens is 254 g/mol. The van der Waals surface area contributed by atoms with Gasteiger partial charge >= 0.3 is 0 Å². The number of aryl methyl sites for hydroxylation is 1. The molecule has 0 spiro atoms. The van der Waals surface area contributed by atoms with Gasteiger partial charge in [-0.15, -0.1) is 0 Å². The number of nitrogens with zero attached hydrogens (tertiary/aromatic N) is 2. The van der Waals surface area contributed by atoms with Gasteiger partial charge < -0.3 is 15.2 Å². The largest absolute Gasteiger partial charge is 0.508 e. The summed E-state index contributed by atoms with van der Waals surface area (Å²) in [6.45, 7) is 4.46. The van der Waals surface area contributed by atoms with Crippen molar-refractivity contribution in [3.63, 3.8) is 0 Å². The Bertz CT molecular complexity index is 587. The first-order valence-corrected chi connectivity index (χ1v) is 6.49. The number of hydrogen-bond donors (Lipinski definition) is 2. The lowest BCUT2D eigenvalue weighted by Gasteiger charge is -2.16. The average molecular weight is 273 g/mol. The Morgan fingerprint density at radius 1 is 1.35 bits per heavy atom. The summed E-state index contributed by atoms with van der Waals surface area (Å²) in [5.41, 5.74) is 1.72. The Kier molecular flexibility index (Phi) is 4.53. The molecule has 0 amide bonds. The number of hydrogen-bond acceptors (Lipinski definition) is 5. The predicted molar refractivity (Wildman–Crippen MR) is 76.7 cm³/mol. The third kappa shape index (κ3) is 3.45. The summed E-state index contributed by atoms with van der Waals surface area (Å²) in [4.78, 5) is 8.40. The van der Waals surface area contributed by atoms with Crippen molar-refractivity contribution >= 4 is 0 Å². The first-order valence-electron chi connectivity index (χ1n) is 6.49.